The molecule has 1 saturated carbocycles. The zero-order valence-corrected chi connectivity index (χ0v) is 11.0. The van der Waals surface area contributed by atoms with Gasteiger partial charge in [0, 0.05) is 17.3 Å². The molecule has 1 unspecified atom stereocenters. The van der Waals surface area contributed by atoms with Crippen molar-refractivity contribution < 1.29 is 13.2 Å². The predicted octanol–water partition coefficient (Wildman–Crippen LogP) is 2.68. The van der Waals surface area contributed by atoms with Crippen LogP contribution in [0.5, 0.6) is 0 Å². The molecule has 0 radical (unpaired) electrons. The Bertz CT molecular complexity index is 328. The van der Waals surface area contributed by atoms with E-state index < -0.39 is 9.05 Å². The van der Waals surface area contributed by atoms with E-state index >= 15 is 0 Å². The minimum atomic E-state index is -3.36. The average molecular weight is 267 g/mol. The lowest BCUT2D eigenvalue weighted by Gasteiger charge is -2.43. The molecule has 0 aromatic rings. The van der Waals surface area contributed by atoms with Crippen molar-refractivity contribution in [2.24, 2.45) is 5.92 Å². The van der Waals surface area contributed by atoms with Crippen molar-refractivity contribution >= 4 is 19.7 Å². The quantitative estimate of drug-likeness (QED) is 0.722. The van der Waals surface area contributed by atoms with Crippen molar-refractivity contribution in [1.82, 2.24) is 0 Å². The lowest BCUT2D eigenvalue weighted by atomic mass is 9.76. The smallest absolute Gasteiger partial charge is 0.232 e. The zero-order chi connectivity index (χ0) is 11.6. The van der Waals surface area contributed by atoms with Crippen LogP contribution in [0.1, 0.15) is 44.9 Å². The van der Waals surface area contributed by atoms with Gasteiger partial charge in [-0.05, 0) is 31.6 Å². The Morgan fingerprint density at radius 1 is 1.25 bits per heavy atom. The second-order valence-electron chi connectivity index (χ2n) is 5.16. The molecular formula is C11H19ClO3S. The molecule has 3 nitrogen and oxygen atoms in total. The Morgan fingerprint density at radius 3 is 2.56 bits per heavy atom. The topological polar surface area (TPSA) is 43.4 Å². The van der Waals surface area contributed by atoms with Gasteiger partial charge in [0.2, 0.25) is 9.05 Å². The third kappa shape index (κ3) is 3.34. The van der Waals surface area contributed by atoms with Gasteiger partial charge in [-0.2, -0.15) is 0 Å². The van der Waals surface area contributed by atoms with Crippen LogP contribution in [0.2, 0.25) is 0 Å². The van der Waals surface area contributed by atoms with Gasteiger partial charge < -0.3 is 4.74 Å². The van der Waals surface area contributed by atoms with Crippen molar-refractivity contribution in [3.63, 3.8) is 0 Å². The van der Waals surface area contributed by atoms with Gasteiger partial charge in [-0.25, -0.2) is 8.42 Å². The number of hydrogen-bond acceptors (Lipinski definition) is 3. The summed E-state index contributed by atoms with van der Waals surface area (Å²) in [6.07, 6.45) is 7.58. The highest BCUT2D eigenvalue weighted by Gasteiger charge is 2.39. The molecule has 2 aliphatic rings. The molecule has 5 heteroatoms. The Morgan fingerprint density at radius 2 is 1.94 bits per heavy atom. The molecule has 1 heterocycles. The van der Waals surface area contributed by atoms with E-state index in [1.165, 1.54) is 19.3 Å². The third-order valence-electron chi connectivity index (χ3n) is 3.79. The first-order chi connectivity index (χ1) is 7.49. The number of rotatable bonds is 2. The highest BCUT2D eigenvalue weighted by Crippen LogP contribution is 2.41. The van der Waals surface area contributed by atoms with Gasteiger partial charge in [0.05, 0.1) is 11.4 Å². The fourth-order valence-corrected chi connectivity index (χ4v) is 4.48. The zero-order valence-electron chi connectivity index (χ0n) is 9.45. The maximum atomic E-state index is 11.1. The summed E-state index contributed by atoms with van der Waals surface area (Å²) in [7, 11) is 1.96. The molecule has 0 amide bonds. The van der Waals surface area contributed by atoms with Crippen LogP contribution in [-0.2, 0) is 13.8 Å². The molecule has 1 aliphatic carbocycles. The number of halogens is 1. The Labute approximate surface area is 102 Å². The third-order valence-corrected chi connectivity index (χ3v) is 5.04. The van der Waals surface area contributed by atoms with E-state index in [9.17, 15) is 8.42 Å². The van der Waals surface area contributed by atoms with Gasteiger partial charge in [-0.3, -0.25) is 0 Å². The van der Waals surface area contributed by atoms with Crippen molar-refractivity contribution in [1.29, 1.82) is 0 Å². The van der Waals surface area contributed by atoms with Crippen LogP contribution in [0, 0.1) is 5.92 Å². The molecule has 1 atom stereocenters. The van der Waals surface area contributed by atoms with Gasteiger partial charge in [0.25, 0.3) is 0 Å². The van der Waals surface area contributed by atoms with Crippen molar-refractivity contribution in [2.75, 3.05) is 12.4 Å². The van der Waals surface area contributed by atoms with Gasteiger partial charge in [0.15, 0.2) is 0 Å². The molecule has 2 rings (SSSR count). The molecule has 0 bridgehead atoms. The van der Waals surface area contributed by atoms with Crippen molar-refractivity contribution in [2.45, 2.75) is 50.5 Å². The lowest BCUT2D eigenvalue weighted by molar-refractivity contribution is -0.114. The number of hydrogen-bond donors (Lipinski definition) is 0. The molecule has 1 spiro atoms. The minimum Gasteiger partial charge on any atom is -0.375 e. The second-order valence-corrected chi connectivity index (χ2v) is 7.98. The van der Waals surface area contributed by atoms with E-state index in [-0.39, 0.29) is 17.3 Å². The molecule has 16 heavy (non-hydrogen) atoms. The van der Waals surface area contributed by atoms with E-state index in [0.717, 1.165) is 25.7 Å². The predicted molar refractivity (Wildman–Crippen MR) is 64.1 cm³/mol. The maximum absolute atomic E-state index is 11.1. The fraction of sp³-hybridized carbons (Fsp3) is 1.00. The molecular weight excluding hydrogens is 248 g/mol. The Balaban J connectivity index is 1.98. The summed E-state index contributed by atoms with van der Waals surface area (Å²) >= 11 is 0. The summed E-state index contributed by atoms with van der Waals surface area (Å²) in [5, 5.41) is 0. The molecule has 1 aliphatic heterocycles. The summed E-state index contributed by atoms with van der Waals surface area (Å²) in [5.41, 5.74) is -0.0251. The molecule has 0 aromatic carbocycles. The summed E-state index contributed by atoms with van der Waals surface area (Å²) in [6, 6.07) is 0. The summed E-state index contributed by atoms with van der Waals surface area (Å²) in [4.78, 5) is 0. The van der Waals surface area contributed by atoms with Crippen LogP contribution in [0.15, 0.2) is 0 Å². The largest absolute Gasteiger partial charge is 0.375 e. The van der Waals surface area contributed by atoms with Crippen LogP contribution in [0.3, 0.4) is 0 Å². The van der Waals surface area contributed by atoms with Gasteiger partial charge in [0.1, 0.15) is 0 Å². The molecule has 0 N–H and O–H groups in total. The van der Waals surface area contributed by atoms with E-state index in [4.69, 9.17) is 15.4 Å². The lowest BCUT2D eigenvalue weighted by Crippen LogP contribution is -2.42. The first-order valence-corrected chi connectivity index (χ1v) is 8.53. The second kappa shape index (κ2) is 4.83. The normalized spacial score (nSPS) is 30.4. The van der Waals surface area contributed by atoms with Crippen LogP contribution in [0.25, 0.3) is 0 Å². The van der Waals surface area contributed by atoms with Crippen molar-refractivity contribution in [3.8, 4) is 0 Å². The Kier molecular flexibility index (Phi) is 3.82. The van der Waals surface area contributed by atoms with Crippen LogP contribution in [-0.4, -0.2) is 26.4 Å². The standard InChI is InChI=1S/C11H19ClO3S/c12-16(13,14)9-10-4-7-15-11(8-10)5-2-1-3-6-11/h10H,1-9H2. The van der Waals surface area contributed by atoms with Crippen molar-refractivity contribution in [3.05, 3.63) is 0 Å². The highest BCUT2D eigenvalue weighted by atomic mass is 35.7. The van der Waals surface area contributed by atoms with Crippen LogP contribution >= 0.6 is 10.7 Å². The Hall–Kier alpha value is 0.200. The minimum absolute atomic E-state index is 0.0251. The van der Waals surface area contributed by atoms with E-state index in [1.807, 2.05) is 0 Å². The fourth-order valence-electron chi connectivity index (χ4n) is 3.10. The monoisotopic (exact) mass is 266 g/mol. The molecule has 0 aromatic heterocycles. The van der Waals surface area contributed by atoms with Gasteiger partial charge in [-0.15, -0.1) is 0 Å². The van der Waals surface area contributed by atoms with E-state index in [1.54, 1.807) is 0 Å². The first-order valence-electron chi connectivity index (χ1n) is 6.05. The summed E-state index contributed by atoms with van der Waals surface area (Å²) < 4.78 is 28.1. The van der Waals surface area contributed by atoms with E-state index in [2.05, 4.69) is 0 Å². The maximum Gasteiger partial charge on any atom is 0.232 e. The summed E-state index contributed by atoms with van der Waals surface area (Å²) in [6.45, 7) is 0.692. The molecule has 2 fully saturated rings. The first kappa shape index (κ1) is 12.7. The van der Waals surface area contributed by atoms with Gasteiger partial charge >= 0.3 is 0 Å². The number of ether oxygens (including phenoxy) is 1. The molecule has 94 valence electrons. The SMILES string of the molecule is O=S(=O)(Cl)CC1CCOC2(CCCCC2)C1. The molecule has 1 saturated heterocycles. The van der Waals surface area contributed by atoms with Crippen LogP contribution < -0.4 is 0 Å². The van der Waals surface area contributed by atoms with Crippen LogP contribution in [0.4, 0.5) is 0 Å². The summed E-state index contributed by atoms with van der Waals surface area (Å²) in [5.74, 6) is 0.300. The average Bonchev–Trinajstić information content (AvgIpc) is 2.16. The van der Waals surface area contributed by atoms with E-state index in [0.29, 0.717) is 6.61 Å². The highest BCUT2D eigenvalue weighted by molar-refractivity contribution is 8.13. The van der Waals surface area contributed by atoms with Gasteiger partial charge in [-0.1, -0.05) is 19.3 Å².